The molecule has 10 rings (SSSR count). The van der Waals surface area contributed by atoms with Crippen molar-refractivity contribution in [3.63, 3.8) is 0 Å². The number of nitrogen functional groups attached to an aromatic ring is 1. The maximum atomic E-state index is 12.6. The number of nitrogens with two attached hydrogens (primary N) is 1. The van der Waals surface area contributed by atoms with Crippen LogP contribution in [0.4, 0.5) is 29.8 Å². The maximum Gasteiger partial charge on any atom is 0.418 e. The summed E-state index contributed by atoms with van der Waals surface area (Å²) in [5.74, 6) is -1.92. The zero-order valence-electron chi connectivity index (χ0n) is 73.3. The van der Waals surface area contributed by atoms with Gasteiger partial charge in [0.2, 0.25) is 0 Å². The molecule has 0 aromatic carbocycles. The van der Waals surface area contributed by atoms with Crippen LogP contribution in [0.3, 0.4) is 0 Å². The molecule has 4 saturated heterocycles. The minimum absolute atomic E-state index is 0.0343. The lowest BCUT2D eigenvalue weighted by molar-refractivity contribution is -0.192. The number of aromatic amines is 1. The van der Waals surface area contributed by atoms with Crippen LogP contribution in [0.15, 0.2) is 73.7 Å². The van der Waals surface area contributed by atoms with E-state index in [1.54, 1.807) is 122 Å². The highest BCUT2D eigenvalue weighted by Gasteiger charge is 2.61. The van der Waals surface area contributed by atoms with Crippen molar-refractivity contribution in [3.05, 3.63) is 79.3 Å². The van der Waals surface area contributed by atoms with Gasteiger partial charge in [0.05, 0.1) is 106 Å². The van der Waals surface area contributed by atoms with Crippen molar-refractivity contribution in [2.45, 2.75) is 322 Å². The standard InChI is InChI=1S/C16H26N2O4.C16H27NO7.C12H16N4O3.C12H19NO4.C12H21NO3.C9H13NO2.C4H8O.CO2/c1-7-10-12-13(21-16(5,6)20-12)11(8-9-17)18(10)14(19)22-15(2,3)4;1-9(19)21-8-11-13-12(22-16(5,6)23-13)10(7-18)17(11)14(20)24-15(2,3)4;13-12-9-8(15-4-16-12)7(2-14-9)6-1-5(3-17)10(18)11(6)19;1-8-6-7-9(10(14)16-5)13(8)11(15)17-12(2,3)4;1-5-9-6-7-10(8-14)13(9)11(15)16-12(2,3)4;1-9(2,3)12-8(11)10-6-4-5-7-10;1-4(2)5-3;2-1-3/h10-13H,7-8H2,1-6H3;10-13,18H,7-8H2,1-6H3;2,4-6,10-11,14,17-19H,1,3H2,(H2,13,15,16);6-9H,1-5H3;6-7,9-10,14H,5,8H2,1-4H3;4-7H,1-3H3;1H2,2-3H3;/t2*10-,11+,12-,13+;5-,6+,10-,11+;8-,9-;9-,10-;;;/m11100.../s1. The van der Waals surface area contributed by atoms with Crippen LogP contribution in [0.5, 0.6) is 0 Å². The number of esters is 2. The Balaban J connectivity index is 0.000000363. The Labute approximate surface area is 692 Å². The van der Waals surface area contributed by atoms with Crippen LogP contribution >= 0.6 is 0 Å². The minimum atomic E-state index is -0.917. The van der Waals surface area contributed by atoms with Crippen LogP contribution in [0, 0.1) is 17.2 Å². The summed E-state index contributed by atoms with van der Waals surface area (Å²) < 4.78 is 66.0. The number of hydrogen-bond donors (Lipinski definition) is 7. The minimum Gasteiger partial charge on any atom is -0.502 e. The van der Waals surface area contributed by atoms with E-state index in [0.29, 0.717) is 23.3 Å². The van der Waals surface area contributed by atoms with E-state index in [4.69, 9.17) is 68.0 Å². The molecule has 36 heteroatoms. The second-order valence-electron chi connectivity index (χ2n) is 34.5. The number of nitriles is 1. The zero-order valence-corrected chi connectivity index (χ0v) is 73.3. The van der Waals surface area contributed by atoms with E-state index in [0.717, 1.165) is 24.2 Å². The van der Waals surface area contributed by atoms with Gasteiger partial charge < -0.3 is 93.1 Å². The number of methoxy groups -OCH3 is 2. The lowest BCUT2D eigenvalue weighted by Gasteiger charge is -2.34. The number of carbonyl (C=O) groups excluding carboxylic acids is 9. The summed E-state index contributed by atoms with van der Waals surface area (Å²) in [5.41, 5.74) is 5.05. The molecule has 7 aliphatic rings. The van der Waals surface area contributed by atoms with Crippen LogP contribution in [-0.4, -0.2) is 278 Å². The predicted molar refractivity (Wildman–Crippen MR) is 429 cm³/mol. The van der Waals surface area contributed by atoms with E-state index in [2.05, 4.69) is 37.1 Å². The molecule has 3 aromatic heterocycles. The first-order chi connectivity index (χ1) is 54.5. The Morgan fingerprint density at radius 1 is 0.602 bits per heavy atom. The van der Waals surface area contributed by atoms with Gasteiger partial charge in [-0.1, -0.05) is 44.7 Å². The fourth-order valence-electron chi connectivity index (χ4n) is 13.4. The quantitative estimate of drug-likeness (QED) is 0.0406. The smallest absolute Gasteiger partial charge is 0.418 e. The summed E-state index contributed by atoms with van der Waals surface area (Å²) in [6.45, 7) is 46.2. The van der Waals surface area contributed by atoms with Crippen LogP contribution in [-0.2, 0) is 76.0 Å². The Morgan fingerprint density at radius 3 is 1.44 bits per heavy atom. The zero-order chi connectivity index (χ0) is 90.3. The van der Waals surface area contributed by atoms with Gasteiger partial charge in [-0.05, 0) is 177 Å². The van der Waals surface area contributed by atoms with Crippen molar-refractivity contribution < 1.29 is 126 Å². The number of nitrogens with one attached hydrogen (secondary N) is 1. The number of H-pyrrole nitrogens is 1. The van der Waals surface area contributed by atoms with Crippen LogP contribution in [0.2, 0.25) is 0 Å². The summed E-state index contributed by atoms with van der Waals surface area (Å²) in [4.78, 5) is 116. The fraction of sp³-hybridized carbons (Fsp3) is 0.695. The first kappa shape index (κ1) is 103. The van der Waals surface area contributed by atoms with Gasteiger partial charge in [0.25, 0.3) is 0 Å². The van der Waals surface area contributed by atoms with Crippen molar-refractivity contribution in [1.29, 1.82) is 5.26 Å². The molecule has 8 N–H and O–H groups in total. The highest BCUT2D eigenvalue weighted by molar-refractivity contribution is 5.88. The van der Waals surface area contributed by atoms with Crippen LogP contribution in [0.1, 0.15) is 203 Å². The number of carbonyl (C=O) groups is 7. The third kappa shape index (κ3) is 30.5. The van der Waals surface area contributed by atoms with E-state index in [-0.39, 0.29) is 105 Å². The first-order valence-corrected chi connectivity index (χ1v) is 39.0. The lowest BCUT2D eigenvalue weighted by Crippen LogP contribution is -2.51. The van der Waals surface area contributed by atoms with Crippen LogP contribution in [0.25, 0.3) is 11.0 Å². The van der Waals surface area contributed by atoms with E-state index >= 15 is 0 Å². The Kier molecular flexibility index (Phi) is 38.5. The van der Waals surface area contributed by atoms with Gasteiger partial charge in [0, 0.05) is 49.5 Å². The SMILES string of the molecule is C=C(C)OC.CC(=O)OC[C@H]1[C@@H]2OC(C)(C)O[C@@H]2[C@@H](CO)N1C(=O)OC(C)(C)C.CC(C)(C)OC(=O)n1cccc1.CC[C@@H]1[C@H]2OC(C)(C)O[C@H]2[C@H](CC#N)N1C(=O)OC(C)(C)C.CC[C@H]1C=C[C@@H](CO)N1C(=O)OC(C)(C)C.COC(=O)[C@@H]1C=C[C@H](C)N1C(=O)OC(C)(C)C.Nc1ncnc2c([C@@H]3C[C@H](CO)[C@@H](O)[C@H]3O)c[nH]c12.O=C=O. The molecule has 0 bridgehead atoms. The van der Waals surface area contributed by atoms with Crippen molar-refractivity contribution in [3.8, 4) is 6.07 Å². The monoisotopic (exact) mass is 1670 g/mol. The number of ether oxygens (including phenoxy) is 12. The van der Waals surface area contributed by atoms with E-state index in [1.165, 1.54) is 34.7 Å². The molecule has 4 amide bonds. The van der Waals surface area contributed by atoms with Crippen molar-refractivity contribution in [2.75, 3.05) is 46.4 Å². The first-order valence-electron chi connectivity index (χ1n) is 39.0. The second kappa shape index (κ2) is 44.1. The van der Waals surface area contributed by atoms with Gasteiger partial charge in [0.15, 0.2) is 23.4 Å². The molecule has 1 aliphatic carbocycles. The molecular weight excluding hydrogens is 1540 g/mol. The molecule has 0 radical (unpaired) electrons. The van der Waals surface area contributed by atoms with Gasteiger partial charge in [0.1, 0.15) is 70.9 Å². The number of aliphatic hydroxyl groups is 5. The van der Waals surface area contributed by atoms with Crippen molar-refractivity contribution in [2.24, 2.45) is 5.92 Å². The topological polar surface area (TPSA) is 475 Å². The molecule has 1 saturated carbocycles. The molecule has 36 nitrogen and oxygen atoms in total. The number of nitrogens with zero attached hydrogens (tertiary/aromatic N) is 8. The lowest BCUT2D eigenvalue weighted by atomic mass is 9.96. The number of fused-ring (bicyclic) bond motifs is 3. The summed E-state index contributed by atoms with van der Waals surface area (Å²) in [5, 5.41) is 57.3. The average molecular weight is 1670 g/mol. The third-order valence-corrected chi connectivity index (χ3v) is 18.2. The highest BCUT2D eigenvalue weighted by Crippen LogP contribution is 2.45. The molecule has 118 heavy (non-hydrogen) atoms. The summed E-state index contributed by atoms with van der Waals surface area (Å²) in [6, 6.07) is 2.94. The molecule has 6 aliphatic heterocycles. The van der Waals surface area contributed by atoms with Crippen molar-refractivity contribution in [1.82, 2.24) is 39.1 Å². The molecule has 9 heterocycles. The number of allylic oxidation sites excluding steroid dienone is 1. The van der Waals surface area contributed by atoms with Crippen LogP contribution < -0.4 is 5.73 Å². The fourth-order valence-corrected chi connectivity index (χ4v) is 13.4. The highest BCUT2D eigenvalue weighted by atomic mass is 16.8. The third-order valence-electron chi connectivity index (χ3n) is 18.2. The summed E-state index contributed by atoms with van der Waals surface area (Å²) in [6.07, 6.45) is 10.6. The van der Waals surface area contributed by atoms with Gasteiger partial charge in [-0.15, -0.1) is 0 Å². The molecule has 5 fully saturated rings. The van der Waals surface area contributed by atoms with Gasteiger partial charge in [-0.3, -0.25) is 29.0 Å². The number of rotatable bonds is 11. The average Bonchev–Trinajstić information content (AvgIpc) is 1.62. The molecule has 16 atom stereocenters. The van der Waals surface area contributed by atoms with Crippen molar-refractivity contribution >= 4 is 65.4 Å². The number of hydrogen-bond acceptors (Lipinski definition) is 30. The normalized spacial score (nSPS) is 26.0. The molecule has 0 unspecified atom stereocenters. The summed E-state index contributed by atoms with van der Waals surface area (Å²) >= 11 is 0. The predicted octanol–water partition coefficient (Wildman–Crippen LogP) is 9.74. The van der Waals surface area contributed by atoms with E-state index < -0.39 is 112 Å². The number of amides is 4. The number of likely N-dealkylation sites (tertiary alicyclic amines) is 2. The molecule has 0 spiro atoms. The second-order valence-corrected chi connectivity index (χ2v) is 34.5. The largest absolute Gasteiger partial charge is 0.502 e. The summed E-state index contributed by atoms with van der Waals surface area (Å²) in [7, 11) is 2.90. The Morgan fingerprint density at radius 2 is 1.03 bits per heavy atom. The van der Waals surface area contributed by atoms with Gasteiger partial charge in [-0.2, -0.15) is 14.9 Å². The maximum absolute atomic E-state index is 12.6. The van der Waals surface area contributed by atoms with E-state index in [1.807, 2.05) is 109 Å². The van der Waals surface area contributed by atoms with E-state index in [9.17, 15) is 59.1 Å². The molecule has 664 valence electrons. The van der Waals surface area contributed by atoms with Gasteiger partial charge >= 0.3 is 48.6 Å². The number of anilines is 1. The Bertz CT molecular complexity index is 3880. The molecular formula is C82H130N10O26. The molecule has 3 aromatic rings. The van der Waals surface area contributed by atoms with Gasteiger partial charge in [-0.25, -0.2) is 38.7 Å². The Hall–Kier alpha value is -9.28. The number of aromatic nitrogens is 4. The number of aliphatic hydroxyl groups excluding tert-OH is 5.